The molecule has 0 aliphatic rings. The van der Waals surface area contributed by atoms with Gasteiger partial charge in [0, 0.05) is 6.54 Å². The fraction of sp³-hybridized carbons (Fsp3) is 0.100. The van der Waals surface area contributed by atoms with Crippen molar-refractivity contribution >= 4 is 22.9 Å². The first-order chi connectivity index (χ1) is 11.8. The third-order valence-corrected chi connectivity index (χ3v) is 3.72. The fourth-order valence-electron chi connectivity index (χ4n) is 2.48. The van der Waals surface area contributed by atoms with Gasteiger partial charge >= 0.3 is 0 Å². The van der Waals surface area contributed by atoms with E-state index in [1.807, 2.05) is 36.4 Å². The molecular weight excluding hydrogens is 296 g/mol. The maximum Gasteiger partial charge on any atom is 0.209 e. The molecule has 0 bridgehead atoms. The predicted molar refractivity (Wildman–Crippen MR) is 101 cm³/mol. The van der Waals surface area contributed by atoms with Crippen LogP contribution in [0.1, 0.15) is 11.1 Å². The third kappa shape index (κ3) is 4.43. The minimum Gasteiger partial charge on any atom is -0.355 e. The lowest BCUT2D eigenvalue weighted by Gasteiger charge is -2.06. The Balaban J connectivity index is 1.47. The largest absolute Gasteiger partial charge is 0.355 e. The number of hydrogen-bond donors (Lipinski definition) is 3. The molecule has 0 fully saturated rings. The minimum absolute atomic E-state index is 0.197. The van der Waals surface area contributed by atoms with Crippen LogP contribution in [0.15, 0.2) is 77.9 Å². The molecule has 3 rings (SSSR count). The Hall–Kier alpha value is -3.14. The van der Waals surface area contributed by atoms with Gasteiger partial charge in [-0.2, -0.15) is 5.10 Å². The second kappa shape index (κ2) is 7.92. The Labute approximate surface area is 141 Å². The van der Waals surface area contributed by atoms with Crippen LogP contribution < -0.4 is 10.7 Å². The first kappa shape index (κ1) is 15.7. The number of nitrogens with one attached hydrogen (secondary N) is 3. The molecule has 0 heterocycles. The number of fused-ring (bicyclic) bond motifs is 1. The maximum atomic E-state index is 7.82. The zero-order valence-electron chi connectivity index (χ0n) is 13.4. The van der Waals surface area contributed by atoms with Gasteiger partial charge in [0.25, 0.3) is 0 Å². The molecular formula is C20H20N4. The lowest BCUT2D eigenvalue weighted by molar-refractivity contribution is 0.814. The molecule has 0 saturated carbocycles. The van der Waals surface area contributed by atoms with Gasteiger partial charge in [0.15, 0.2) is 0 Å². The molecule has 3 aromatic carbocycles. The van der Waals surface area contributed by atoms with Gasteiger partial charge in [-0.05, 0) is 34.4 Å². The monoisotopic (exact) mass is 316 g/mol. The van der Waals surface area contributed by atoms with E-state index in [0.717, 1.165) is 12.0 Å². The maximum absolute atomic E-state index is 7.82. The Kier molecular flexibility index (Phi) is 5.20. The summed E-state index contributed by atoms with van der Waals surface area (Å²) in [4.78, 5) is 0. The van der Waals surface area contributed by atoms with Gasteiger partial charge in [-0.1, -0.05) is 66.7 Å². The van der Waals surface area contributed by atoms with Crippen molar-refractivity contribution in [1.82, 2.24) is 10.7 Å². The van der Waals surface area contributed by atoms with E-state index >= 15 is 0 Å². The number of rotatable bonds is 5. The van der Waals surface area contributed by atoms with Gasteiger partial charge < -0.3 is 5.32 Å². The molecule has 3 N–H and O–H groups in total. The highest BCUT2D eigenvalue weighted by atomic mass is 15.4. The molecule has 4 heteroatoms. The molecule has 0 aliphatic heterocycles. The van der Waals surface area contributed by atoms with Crippen LogP contribution in [0.2, 0.25) is 0 Å². The smallest absolute Gasteiger partial charge is 0.209 e. The predicted octanol–water partition coefficient (Wildman–Crippen LogP) is 3.53. The molecule has 24 heavy (non-hydrogen) atoms. The first-order valence-corrected chi connectivity index (χ1v) is 7.95. The highest BCUT2D eigenvalue weighted by molar-refractivity contribution is 5.90. The van der Waals surface area contributed by atoms with Gasteiger partial charge in [-0.25, -0.2) is 5.43 Å². The van der Waals surface area contributed by atoms with E-state index in [9.17, 15) is 0 Å². The average Bonchev–Trinajstić information content (AvgIpc) is 2.62. The topological polar surface area (TPSA) is 60.3 Å². The van der Waals surface area contributed by atoms with Crippen LogP contribution in [0.3, 0.4) is 0 Å². The van der Waals surface area contributed by atoms with E-state index in [1.54, 1.807) is 6.21 Å². The molecule has 0 amide bonds. The summed E-state index contributed by atoms with van der Waals surface area (Å²) in [6.07, 6.45) is 2.60. The molecule has 120 valence electrons. The Morgan fingerprint density at radius 1 is 0.917 bits per heavy atom. The van der Waals surface area contributed by atoms with Gasteiger partial charge in [-0.3, -0.25) is 5.41 Å². The average molecular weight is 316 g/mol. The van der Waals surface area contributed by atoms with Crippen LogP contribution in [-0.4, -0.2) is 18.7 Å². The van der Waals surface area contributed by atoms with Gasteiger partial charge in [0.2, 0.25) is 5.96 Å². The van der Waals surface area contributed by atoms with E-state index in [0.29, 0.717) is 6.54 Å². The van der Waals surface area contributed by atoms with E-state index in [2.05, 4.69) is 52.2 Å². The summed E-state index contributed by atoms with van der Waals surface area (Å²) in [6.45, 7) is 0.696. The van der Waals surface area contributed by atoms with Crippen molar-refractivity contribution in [2.75, 3.05) is 6.54 Å². The molecule has 4 nitrogen and oxygen atoms in total. The summed E-state index contributed by atoms with van der Waals surface area (Å²) in [6, 6.07) is 24.6. The molecule has 0 aliphatic carbocycles. The lowest BCUT2D eigenvalue weighted by atomic mass is 10.1. The zero-order chi connectivity index (χ0) is 16.6. The molecule has 3 aromatic rings. The molecule has 0 radical (unpaired) electrons. The second-order valence-corrected chi connectivity index (χ2v) is 5.51. The van der Waals surface area contributed by atoms with Gasteiger partial charge in [-0.15, -0.1) is 0 Å². The summed E-state index contributed by atoms with van der Waals surface area (Å²) < 4.78 is 0. The number of hydrogen-bond acceptors (Lipinski definition) is 2. The van der Waals surface area contributed by atoms with Crippen molar-refractivity contribution in [3.8, 4) is 0 Å². The molecule has 0 saturated heterocycles. The van der Waals surface area contributed by atoms with Crippen LogP contribution in [0.5, 0.6) is 0 Å². The van der Waals surface area contributed by atoms with Crippen LogP contribution in [0, 0.1) is 5.41 Å². The van der Waals surface area contributed by atoms with E-state index < -0.39 is 0 Å². The minimum atomic E-state index is 0.197. The molecule has 0 spiro atoms. The van der Waals surface area contributed by atoms with Crippen molar-refractivity contribution in [2.24, 2.45) is 5.10 Å². The summed E-state index contributed by atoms with van der Waals surface area (Å²) in [5.74, 6) is 0.197. The number of nitrogens with zero attached hydrogens (tertiary/aromatic N) is 1. The zero-order valence-corrected chi connectivity index (χ0v) is 13.4. The summed E-state index contributed by atoms with van der Waals surface area (Å²) in [5.41, 5.74) is 4.95. The van der Waals surface area contributed by atoms with Crippen molar-refractivity contribution in [1.29, 1.82) is 5.41 Å². The Morgan fingerprint density at radius 2 is 1.67 bits per heavy atom. The van der Waals surface area contributed by atoms with E-state index in [1.165, 1.54) is 16.3 Å². The van der Waals surface area contributed by atoms with Crippen molar-refractivity contribution < 1.29 is 0 Å². The standard InChI is InChI=1S/C20H20N4/c21-20(22-13-12-16-6-2-1-3-7-16)24-23-15-17-10-11-18-8-4-5-9-19(18)14-17/h1-11,14-15H,12-13H2,(H3,21,22,24)/b23-15+. The number of benzene rings is 3. The molecule has 0 unspecified atom stereocenters. The number of guanidine groups is 1. The summed E-state index contributed by atoms with van der Waals surface area (Å²) in [5, 5.41) is 17.3. The molecule has 0 atom stereocenters. The quantitative estimate of drug-likeness (QED) is 0.383. The summed E-state index contributed by atoms with van der Waals surface area (Å²) >= 11 is 0. The lowest BCUT2D eigenvalue weighted by Crippen LogP contribution is -2.34. The van der Waals surface area contributed by atoms with Gasteiger partial charge in [0.1, 0.15) is 0 Å². The Bertz CT molecular complexity index is 840. The van der Waals surface area contributed by atoms with Crippen molar-refractivity contribution in [3.63, 3.8) is 0 Å². The molecule has 0 aromatic heterocycles. The van der Waals surface area contributed by atoms with Crippen molar-refractivity contribution in [2.45, 2.75) is 6.42 Å². The first-order valence-electron chi connectivity index (χ1n) is 7.95. The van der Waals surface area contributed by atoms with E-state index in [-0.39, 0.29) is 5.96 Å². The Morgan fingerprint density at radius 3 is 2.50 bits per heavy atom. The fourth-order valence-corrected chi connectivity index (χ4v) is 2.48. The number of hydrazone groups is 1. The van der Waals surface area contributed by atoms with Crippen LogP contribution in [0.4, 0.5) is 0 Å². The van der Waals surface area contributed by atoms with Crippen LogP contribution >= 0.6 is 0 Å². The van der Waals surface area contributed by atoms with Crippen molar-refractivity contribution in [3.05, 3.63) is 83.9 Å². The third-order valence-electron chi connectivity index (χ3n) is 3.72. The van der Waals surface area contributed by atoms with Crippen LogP contribution in [0.25, 0.3) is 10.8 Å². The highest BCUT2D eigenvalue weighted by Crippen LogP contribution is 2.14. The summed E-state index contributed by atoms with van der Waals surface area (Å²) in [7, 11) is 0. The highest BCUT2D eigenvalue weighted by Gasteiger charge is 1.96. The normalized spacial score (nSPS) is 10.8. The second-order valence-electron chi connectivity index (χ2n) is 5.51. The van der Waals surface area contributed by atoms with Crippen LogP contribution in [-0.2, 0) is 6.42 Å². The van der Waals surface area contributed by atoms with E-state index in [4.69, 9.17) is 5.41 Å². The SMILES string of the molecule is N=C(NCCc1ccccc1)N/N=C/c1ccc2ccccc2c1. The van der Waals surface area contributed by atoms with Gasteiger partial charge in [0.05, 0.1) is 6.21 Å².